The van der Waals surface area contributed by atoms with E-state index in [4.69, 9.17) is 17.0 Å². The van der Waals surface area contributed by atoms with Gasteiger partial charge < -0.3 is 4.74 Å². The van der Waals surface area contributed by atoms with E-state index in [2.05, 4.69) is 25.1 Å². The fourth-order valence-corrected chi connectivity index (χ4v) is 4.65. The van der Waals surface area contributed by atoms with Crippen molar-refractivity contribution in [3.05, 3.63) is 76.7 Å². The second-order valence-corrected chi connectivity index (χ2v) is 8.53. The summed E-state index contributed by atoms with van der Waals surface area (Å²) in [5, 5.41) is 2.17. The van der Waals surface area contributed by atoms with E-state index in [1.54, 1.807) is 4.90 Å². The van der Waals surface area contributed by atoms with Crippen molar-refractivity contribution >= 4 is 56.7 Å². The first-order valence-corrected chi connectivity index (χ1v) is 10.8. The van der Waals surface area contributed by atoms with Gasteiger partial charge in [-0.2, -0.15) is 0 Å². The normalized spacial score (nSPS) is 15.5. The van der Waals surface area contributed by atoms with Crippen molar-refractivity contribution in [2.24, 2.45) is 0 Å². The van der Waals surface area contributed by atoms with E-state index in [1.165, 1.54) is 11.8 Å². The van der Waals surface area contributed by atoms with Crippen LogP contribution in [-0.4, -0.2) is 16.8 Å². The summed E-state index contributed by atoms with van der Waals surface area (Å²) in [5.74, 6) is 0.690. The van der Waals surface area contributed by atoms with Crippen LogP contribution in [0.3, 0.4) is 0 Å². The minimum atomic E-state index is -0.0938. The molecule has 3 aromatic rings. The summed E-state index contributed by atoms with van der Waals surface area (Å²) < 4.78 is 6.53. The summed E-state index contributed by atoms with van der Waals surface area (Å²) >= 11 is 6.88. The number of carbonyl (C=O) groups excluding carboxylic acids is 1. The van der Waals surface area contributed by atoms with Crippen LogP contribution in [0.4, 0.5) is 5.69 Å². The average molecular weight is 420 g/mol. The van der Waals surface area contributed by atoms with E-state index in [9.17, 15) is 4.79 Å². The first-order chi connectivity index (χ1) is 14.1. The number of fused-ring (bicyclic) bond motifs is 1. The van der Waals surface area contributed by atoms with Crippen LogP contribution in [0.5, 0.6) is 5.75 Å². The Balaban J connectivity index is 1.80. The number of benzene rings is 3. The zero-order valence-electron chi connectivity index (χ0n) is 16.3. The van der Waals surface area contributed by atoms with Gasteiger partial charge in [0.05, 0.1) is 17.2 Å². The van der Waals surface area contributed by atoms with Crippen molar-refractivity contribution in [3.8, 4) is 5.75 Å². The summed E-state index contributed by atoms with van der Waals surface area (Å²) in [4.78, 5) is 15.5. The van der Waals surface area contributed by atoms with E-state index in [0.29, 0.717) is 15.8 Å². The number of hydrogen-bond acceptors (Lipinski definition) is 4. The van der Waals surface area contributed by atoms with Gasteiger partial charge in [0.15, 0.2) is 4.32 Å². The maximum absolute atomic E-state index is 13.2. The standard InChI is InChI=1S/C24H21NO2S2/c1-3-14-27-21-13-12-17-9-5-6-10-18(17)19(21)15-22-23(26)25(24(28)29-22)20-11-7-4-8-16(20)2/h4-13,15H,3,14H2,1-2H3. The topological polar surface area (TPSA) is 29.5 Å². The lowest BCUT2D eigenvalue weighted by Gasteiger charge is -2.17. The van der Waals surface area contributed by atoms with E-state index in [0.717, 1.165) is 39.8 Å². The third kappa shape index (κ3) is 3.80. The molecule has 1 saturated heterocycles. The summed E-state index contributed by atoms with van der Waals surface area (Å²) in [6.45, 7) is 4.69. The first kappa shape index (κ1) is 19.7. The molecule has 0 saturated carbocycles. The van der Waals surface area contributed by atoms with Gasteiger partial charge >= 0.3 is 0 Å². The predicted octanol–water partition coefficient (Wildman–Crippen LogP) is 6.34. The lowest BCUT2D eigenvalue weighted by molar-refractivity contribution is -0.113. The molecule has 1 fully saturated rings. The summed E-state index contributed by atoms with van der Waals surface area (Å²) in [7, 11) is 0. The minimum absolute atomic E-state index is 0.0938. The Labute approximate surface area is 180 Å². The second-order valence-electron chi connectivity index (χ2n) is 6.85. The molecule has 1 amide bonds. The molecular formula is C24H21NO2S2. The largest absolute Gasteiger partial charge is 0.493 e. The molecule has 1 aliphatic heterocycles. The monoisotopic (exact) mass is 419 g/mol. The SMILES string of the molecule is CCCOc1ccc2ccccc2c1C=C1SC(=S)N(c2ccccc2C)C1=O. The molecule has 0 radical (unpaired) electrons. The molecule has 146 valence electrons. The first-order valence-electron chi connectivity index (χ1n) is 9.58. The average Bonchev–Trinajstić information content (AvgIpc) is 3.01. The number of anilines is 1. The molecule has 3 aromatic carbocycles. The molecule has 0 N–H and O–H groups in total. The molecule has 4 rings (SSSR count). The number of amides is 1. The molecule has 1 heterocycles. The molecule has 5 heteroatoms. The Morgan fingerprint density at radius 2 is 1.83 bits per heavy atom. The Hall–Kier alpha value is -2.63. The van der Waals surface area contributed by atoms with Gasteiger partial charge in [-0.15, -0.1) is 0 Å². The number of nitrogens with zero attached hydrogens (tertiary/aromatic N) is 1. The quantitative estimate of drug-likeness (QED) is 0.356. The summed E-state index contributed by atoms with van der Waals surface area (Å²) in [6, 6.07) is 20.0. The maximum Gasteiger partial charge on any atom is 0.270 e. The van der Waals surface area contributed by atoms with Crippen LogP contribution in [0.1, 0.15) is 24.5 Å². The molecule has 0 spiro atoms. The van der Waals surface area contributed by atoms with Crippen molar-refractivity contribution < 1.29 is 9.53 Å². The maximum atomic E-state index is 13.2. The lowest BCUT2D eigenvalue weighted by Crippen LogP contribution is -2.28. The van der Waals surface area contributed by atoms with Crippen molar-refractivity contribution in [3.63, 3.8) is 0 Å². The molecule has 0 aliphatic carbocycles. The van der Waals surface area contributed by atoms with Crippen LogP contribution < -0.4 is 9.64 Å². The van der Waals surface area contributed by atoms with E-state index in [1.807, 2.05) is 55.5 Å². The number of ether oxygens (including phenoxy) is 1. The molecule has 29 heavy (non-hydrogen) atoms. The van der Waals surface area contributed by atoms with E-state index in [-0.39, 0.29) is 5.91 Å². The zero-order valence-corrected chi connectivity index (χ0v) is 18.0. The number of thioether (sulfide) groups is 1. The summed E-state index contributed by atoms with van der Waals surface area (Å²) in [5.41, 5.74) is 2.77. The van der Waals surface area contributed by atoms with Crippen LogP contribution >= 0.6 is 24.0 Å². The fraction of sp³-hybridized carbons (Fsp3) is 0.167. The molecule has 1 aliphatic rings. The third-order valence-corrected chi connectivity index (χ3v) is 6.12. The highest BCUT2D eigenvalue weighted by Crippen LogP contribution is 2.39. The van der Waals surface area contributed by atoms with Gasteiger partial charge in [0.25, 0.3) is 5.91 Å². The van der Waals surface area contributed by atoms with Crippen LogP contribution in [-0.2, 0) is 4.79 Å². The van der Waals surface area contributed by atoms with Crippen LogP contribution in [0.25, 0.3) is 16.8 Å². The smallest absolute Gasteiger partial charge is 0.270 e. The predicted molar refractivity (Wildman–Crippen MR) is 127 cm³/mol. The van der Waals surface area contributed by atoms with Crippen molar-refractivity contribution in [2.45, 2.75) is 20.3 Å². The summed E-state index contributed by atoms with van der Waals surface area (Å²) in [6.07, 6.45) is 2.84. The van der Waals surface area contributed by atoms with Crippen LogP contribution in [0, 0.1) is 6.92 Å². The molecule has 0 unspecified atom stereocenters. The lowest BCUT2D eigenvalue weighted by atomic mass is 10.0. The Bertz CT molecular complexity index is 1140. The van der Waals surface area contributed by atoms with Gasteiger partial charge in [-0.3, -0.25) is 9.69 Å². The van der Waals surface area contributed by atoms with Gasteiger partial charge in [0.2, 0.25) is 0 Å². The van der Waals surface area contributed by atoms with Crippen molar-refractivity contribution in [1.29, 1.82) is 0 Å². The number of hydrogen-bond donors (Lipinski definition) is 0. The highest BCUT2D eigenvalue weighted by Gasteiger charge is 2.34. The Kier molecular flexibility index (Phi) is 5.69. The highest BCUT2D eigenvalue weighted by molar-refractivity contribution is 8.27. The van der Waals surface area contributed by atoms with Gasteiger partial charge in [0.1, 0.15) is 5.75 Å². The molecule has 3 nitrogen and oxygen atoms in total. The number of para-hydroxylation sites is 1. The Morgan fingerprint density at radius 3 is 2.62 bits per heavy atom. The highest BCUT2D eigenvalue weighted by atomic mass is 32.2. The van der Waals surface area contributed by atoms with E-state index >= 15 is 0 Å². The molecule has 0 bridgehead atoms. The van der Waals surface area contributed by atoms with Gasteiger partial charge in [-0.25, -0.2) is 0 Å². The molecule has 0 atom stereocenters. The fourth-order valence-electron chi connectivity index (χ4n) is 3.38. The minimum Gasteiger partial charge on any atom is -0.493 e. The third-order valence-electron chi connectivity index (χ3n) is 4.82. The van der Waals surface area contributed by atoms with Gasteiger partial charge in [-0.05, 0) is 47.9 Å². The zero-order chi connectivity index (χ0) is 20.4. The molecular weight excluding hydrogens is 398 g/mol. The molecule has 0 aromatic heterocycles. The number of thiocarbonyl (C=S) groups is 1. The van der Waals surface area contributed by atoms with Gasteiger partial charge in [0, 0.05) is 5.56 Å². The van der Waals surface area contributed by atoms with Crippen molar-refractivity contribution in [2.75, 3.05) is 11.5 Å². The second kappa shape index (κ2) is 8.39. The van der Waals surface area contributed by atoms with E-state index < -0.39 is 0 Å². The number of rotatable bonds is 5. The number of carbonyl (C=O) groups is 1. The van der Waals surface area contributed by atoms with Crippen molar-refractivity contribution in [1.82, 2.24) is 0 Å². The van der Waals surface area contributed by atoms with Crippen LogP contribution in [0.2, 0.25) is 0 Å². The Morgan fingerprint density at radius 1 is 1.07 bits per heavy atom. The van der Waals surface area contributed by atoms with Crippen LogP contribution in [0.15, 0.2) is 65.6 Å². The van der Waals surface area contributed by atoms with Gasteiger partial charge in [-0.1, -0.05) is 79.4 Å². The number of aryl methyl sites for hydroxylation is 1.